The molecule has 0 saturated carbocycles. The zero-order valence-electron chi connectivity index (χ0n) is 13.2. The van der Waals surface area contributed by atoms with Gasteiger partial charge in [-0.3, -0.25) is 4.79 Å². The Morgan fingerprint density at radius 3 is 2.87 bits per heavy atom. The van der Waals surface area contributed by atoms with Crippen molar-refractivity contribution >= 4 is 55.8 Å². The molecule has 0 fully saturated rings. The summed E-state index contributed by atoms with van der Waals surface area (Å²) in [5.41, 5.74) is 1.88. The van der Waals surface area contributed by atoms with E-state index in [1.54, 1.807) is 0 Å². The smallest absolute Gasteiger partial charge is 0.234 e. The van der Waals surface area contributed by atoms with E-state index < -0.39 is 0 Å². The second-order valence-electron chi connectivity index (χ2n) is 5.45. The Kier molecular flexibility index (Phi) is 6.86. The Morgan fingerprint density at radius 2 is 2.17 bits per heavy atom. The maximum absolute atomic E-state index is 12.0. The van der Waals surface area contributed by atoms with Gasteiger partial charge in [-0.2, -0.15) is 0 Å². The van der Waals surface area contributed by atoms with E-state index in [1.165, 1.54) is 23.1 Å². The average Bonchev–Trinajstić information content (AvgIpc) is 2.95. The van der Waals surface area contributed by atoms with Crippen LogP contribution < -0.4 is 10.6 Å². The molecule has 0 spiro atoms. The van der Waals surface area contributed by atoms with E-state index >= 15 is 0 Å². The first kappa shape index (κ1) is 18.2. The number of carbonyl (C=O) groups is 1. The van der Waals surface area contributed by atoms with Crippen LogP contribution in [0.5, 0.6) is 0 Å². The van der Waals surface area contributed by atoms with E-state index in [0.717, 1.165) is 31.7 Å². The zero-order valence-corrected chi connectivity index (χ0v) is 16.4. The standard InChI is InChI=1S/C15H19BrN4OS2/c1-9(2)7-17-14-19-20-15(23-14)22-8-13(21)18-11-4-5-12(16)10(3)6-11/h4-6,9H,7-8H2,1-3H3,(H,17,19)(H,18,21). The van der Waals surface area contributed by atoms with Crippen LogP contribution in [0.3, 0.4) is 0 Å². The number of thioether (sulfide) groups is 1. The Hall–Kier alpha value is -1.12. The first-order valence-electron chi connectivity index (χ1n) is 7.20. The number of nitrogens with one attached hydrogen (secondary N) is 2. The molecule has 0 aliphatic heterocycles. The Bertz CT molecular complexity index is 675. The van der Waals surface area contributed by atoms with Gasteiger partial charge in [-0.15, -0.1) is 10.2 Å². The Morgan fingerprint density at radius 1 is 1.39 bits per heavy atom. The van der Waals surface area contributed by atoms with Crippen molar-refractivity contribution in [2.24, 2.45) is 5.92 Å². The van der Waals surface area contributed by atoms with Gasteiger partial charge in [0.1, 0.15) is 0 Å². The minimum Gasteiger partial charge on any atom is -0.360 e. The normalized spacial score (nSPS) is 10.8. The number of amides is 1. The van der Waals surface area contributed by atoms with Gasteiger partial charge in [-0.25, -0.2) is 0 Å². The van der Waals surface area contributed by atoms with Crippen LogP contribution in [-0.4, -0.2) is 28.4 Å². The Labute approximate surface area is 152 Å². The number of benzene rings is 1. The highest BCUT2D eigenvalue weighted by Crippen LogP contribution is 2.26. The minimum absolute atomic E-state index is 0.0522. The van der Waals surface area contributed by atoms with Crippen molar-refractivity contribution in [2.45, 2.75) is 25.1 Å². The van der Waals surface area contributed by atoms with Gasteiger partial charge in [0.15, 0.2) is 4.34 Å². The molecule has 0 saturated heterocycles. The topological polar surface area (TPSA) is 66.9 Å². The quantitative estimate of drug-likeness (QED) is 0.656. The van der Waals surface area contributed by atoms with Crippen LogP contribution in [-0.2, 0) is 4.79 Å². The molecule has 124 valence electrons. The summed E-state index contributed by atoms with van der Waals surface area (Å²) in [6.07, 6.45) is 0. The van der Waals surface area contributed by atoms with Crippen LogP contribution >= 0.6 is 39.0 Å². The van der Waals surface area contributed by atoms with Gasteiger partial charge in [-0.1, -0.05) is 52.9 Å². The van der Waals surface area contributed by atoms with Crippen LogP contribution in [0, 0.1) is 12.8 Å². The number of halogens is 1. The lowest BCUT2D eigenvalue weighted by Crippen LogP contribution is -2.14. The van der Waals surface area contributed by atoms with E-state index in [9.17, 15) is 4.79 Å². The lowest BCUT2D eigenvalue weighted by molar-refractivity contribution is -0.113. The van der Waals surface area contributed by atoms with Gasteiger partial charge in [-0.05, 0) is 36.6 Å². The number of hydrogen-bond acceptors (Lipinski definition) is 6. The highest BCUT2D eigenvalue weighted by molar-refractivity contribution is 9.10. The summed E-state index contributed by atoms with van der Waals surface area (Å²) in [6.45, 7) is 7.12. The third kappa shape index (κ3) is 6.12. The van der Waals surface area contributed by atoms with Crippen molar-refractivity contribution in [3.63, 3.8) is 0 Å². The summed E-state index contributed by atoms with van der Waals surface area (Å²) in [5, 5.41) is 15.1. The highest BCUT2D eigenvalue weighted by atomic mass is 79.9. The highest BCUT2D eigenvalue weighted by Gasteiger charge is 2.09. The average molecular weight is 415 g/mol. The number of nitrogens with zero attached hydrogens (tertiary/aromatic N) is 2. The molecule has 2 aromatic rings. The minimum atomic E-state index is -0.0522. The molecule has 1 aromatic carbocycles. The number of carbonyl (C=O) groups excluding carboxylic acids is 1. The van der Waals surface area contributed by atoms with E-state index in [0.29, 0.717) is 11.7 Å². The number of rotatable bonds is 7. The largest absolute Gasteiger partial charge is 0.360 e. The molecule has 8 heteroatoms. The molecular formula is C15H19BrN4OS2. The lowest BCUT2D eigenvalue weighted by atomic mass is 10.2. The summed E-state index contributed by atoms with van der Waals surface area (Å²) in [5.74, 6) is 0.812. The maximum atomic E-state index is 12.0. The molecule has 1 amide bonds. The van der Waals surface area contributed by atoms with E-state index in [2.05, 4.69) is 50.6 Å². The van der Waals surface area contributed by atoms with E-state index in [4.69, 9.17) is 0 Å². The molecule has 0 atom stereocenters. The summed E-state index contributed by atoms with van der Waals surface area (Å²) < 4.78 is 1.82. The predicted octanol–water partition coefficient (Wildman–Crippen LogP) is 4.41. The lowest BCUT2D eigenvalue weighted by Gasteiger charge is -2.06. The van der Waals surface area contributed by atoms with Crippen molar-refractivity contribution in [3.8, 4) is 0 Å². The molecule has 1 aromatic heterocycles. The van der Waals surface area contributed by atoms with Crippen LogP contribution in [0.2, 0.25) is 0 Å². The van der Waals surface area contributed by atoms with Gasteiger partial charge >= 0.3 is 0 Å². The molecule has 1 heterocycles. The third-order valence-corrected chi connectivity index (χ3v) is 5.74. The van der Waals surface area contributed by atoms with Gasteiger partial charge in [0.05, 0.1) is 5.75 Å². The second-order valence-corrected chi connectivity index (χ2v) is 8.50. The fourth-order valence-electron chi connectivity index (χ4n) is 1.68. The molecule has 0 unspecified atom stereocenters. The first-order valence-corrected chi connectivity index (χ1v) is 9.79. The molecule has 0 bridgehead atoms. The third-order valence-electron chi connectivity index (χ3n) is 2.84. The first-order chi connectivity index (χ1) is 10.9. The second kappa shape index (κ2) is 8.65. The van der Waals surface area contributed by atoms with Gasteiger partial charge in [0.25, 0.3) is 0 Å². The molecule has 0 aliphatic rings. The monoisotopic (exact) mass is 414 g/mol. The molecule has 2 rings (SSSR count). The molecule has 0 radical (unpaired) electrons. The Balaban J connectivity index is 1.81. The fourth-order valence-corrected chi connectivity index (χ4v) is 3.48. The number of hydrogen-bond donors (Lipinski definition) is 2. The van der Waals surface area contributed by atoms with Crippen LogP contribution in [0.25, 0.3) is 0 Å². The van der Waals surface area contributed by atoms with Crippen LogP contribution in [0.1, 0.15) is 19.4 Å². The van der Waals surface area contributed by atoms with Crippen molar-refractivity contribution < 1.29 is 4.79 Å². The summed E-state index contributed by atoms with van der Waals surface area (Å²) in [4.78, 5) is 12.0. The van der Waals surface area contributed by atoms with E-state index in [-0.39, 0.29) is 5.91 Å². The van der Waals surface area contributed by atoms with Crippen molar-refractivity contribution in [3.05, 3.63) is 28.2 Å². The van der Waals surface area contributed by atoms with Crippen molar-refractivity contribution in [1.29, 1.82) is 0 Å². The summed E-state index contributed by atoms with van der Waals surface area (Å²) in [6, 6.07) is 5.74. The molecular weight excluding hydrogens is 396 g/mol. The van der Waals surface area contributed by atoms with Crippen LogP contribution in [0.4, 0.5) is 10.8 Å². The predicted molar refractivity (Wildman–Crippen MR) is 101 cm³/mol. The van der Waals surface area contributed by atoms with Crippen molar-refractivity contribution in [1.82, 2.24) is 10.2 Å². The van der Waals surface area contributed by atoms with Gasteiger partial charge < -0.3 is 10.6 Å². The molecule has 0 aliphatic carbocycles. The zero-order chi connectivity index (χ0) is 16.8. The SMILES string of the molecule is Cc1cc(NC(=O)CSc2nnc(NCC(C)C)s2)ccc1Br. The maximum Gasteiger partial charge on any atom is 0.234 e. The van der Waals surface area contributed by atoms with Gasteiger partial charge in [0, 0.05) is 16.7 Å². The molecule has 2 N–H and O–H groups in total. The number of anilines is 2. The van der Waals surface area contributed by atoms with Gasteiger partial charge in [0.2, 0.25) is 11.0 Å². The van der Waals surface area contributed by atoms with Crippen molar-refractivity contribution in [2.75, 3.05) is 22.9 Å². The summed E-state index contributed by atoms with van der Waals surface area (Å²) in [7, 11) is 0. The van der Waals surface area contributed by atoms with Crippen LogP contribution in [0.15, 0.2) is 27.0 Å². The van der Waals surface area contributed by atoms with E-state index in [1.807, 2.05) is 25.1 Å². The molecule has 5 nitrogen and oxygen atoms in total. The number of aryl methyl sites for hydroxylation is 1. The summed E-state index contributed by atoms with van der Waals surface area (Å²) >= 11 is 6.31. The number of aromatic nitrogens is 2. The molecule has 23 heavy (non-hydrogen) atoms. The fraction of sp³-hybridized carbons (Fsp3) is 0.400.